The third-order valence-corrected chi connectivity index (χ3v) is 5.49. The van der Waals surface area contributed by atoms with Gasteiger partial charge >= 0.3 is 5.97 Å². The fourth-order valence-electron chi connectivity index (χ4n) is 4.06. The van der Waals surface area contributed by atoms with Crippen molar-refractivity contribution in [3.8, 4) is 17.2 Å². The zero-order valence-electron chi connectivity index (χ0n) is 19.1. The maximum Gasteiger partial charge on any atom is 0.360 e. The second-order valence-electron chi connectivity index (χ2n) is 8.07. The van der Waals surface area contributed by atoms with E-state index in [0.717, 1.165) is 27.8 Å². The van der Waals surface area contributed by atoms with Gasteiger partial charge in [-0.25, -0.2) is 14.3 Å². The van der Waals surface area contributed by atoms with Crippen molar-refractivity contribution < 1.29 is 19.0 Å². The highest BCUT2D eigenvalue weighted by Crippen LogP contribution is 2.36. The van der Waals surface area contributed by atoms with Crippen LogP contribution in [0, 0.1) is 13.8 Å². The summed E-state index contributed by atoms with van der Waals surface area (Å²) in [6.45, 7) is 4.34. The van der Waals surface area contributed by atoms with Crippen LogP contribution >= 0.6 is 0 Å². The average Bonchev–Trinajstić information content (AvgIpc) is 3.32. The van der Waals surface area contributed by atoms with Crippen molar-refractivity contribution in [2.75, 3.05) is 7.11 Å². The molecule has 0 aliphatic heterocycles. The molecule has 170 valence electrons. The van der Waals surface area contributed by atoms with E-state index in [1.165, 1.54) is 18.0 Å². The number of aromatic nitrogens is 3. The number of carbonyl (C=O) groups is 1. The molecule has 2 aromatic heterocycles. The molecule has 0 fully saturated rings. The van der Waals surface area contributed by atoms with Gasteiger partial charge in [-0.05, 0) is 60.9 Å². The minimum Gasteiger partial charge on any atom is -0.486 e. The van der Waals surface area contributed by atoms with Crippen LogP contribution in [0.3, 0.4) is 0 Å². The monoisotopic (exact) mass is 453 g/mol. The number of methoxy groups -OCH3 is 1. The minimum absolute atomic E-state index is 0.182. The number of aryl methyl sites for hydroxylation is 2. The fraction of sp³-hybridized carbons (Fsp3) is 0.148. The van der Waals surface area contributed by atoms with E-state index in [1.807, 2.05) is 74.5 Å². The molecule has 0 saturated carbocycles. The molecule has 0 atom stereocenters. The van der Waals surface area contributed by atoms with Gasteiger partial charge in [0, 0.05) is 10.8 Å². The molecule has 7 nitrogen and oxygen atoms in total. The van der Waals surface area contributed by atoms with E-state index >= 15 is 0 Å². The zero-order chi connectivity index (χ0) is 23.7. The smallest absolute Gasteiger partial charge is 0.360 e. The number of nitrogens with zero attached hydrogens (tertiary/aromatic N) is 3. The lowest BCUT2D eigenvalue weighted by atomic mass is 10.1. The lowest BCUT2D eigenvalue weighted by molar-refractivity contribution is 0.0585. The number of benzene rings is 3. The summed E-state index contributed by atoms with van der Waals surface area (Å²) in [4.78, 5) is 17.2. The molecule has 0 radical (unpaired) electrons. The summed E-state index contributed by atoms with van der Waals surface area (Å²) in [5.74, 6) is 1.21. The first-order valence-corrected chi connectivity index (χ1v) is 10.8. The highest BCUT2D eigenvalue weighted by atomic mass is 16.5. The molecule has 7 heteroatoms. The van der Waals surface area contributed by atoms with Gasteiger partial charge in [-0.1, -0.05) is 36.4 Å². The molecule has 34 heavy (non-hydrogen) atoms. The van der Waals surface area contributed by atoms with Crippen molar-refractivity contribution >= 4 is 22.4 Å². The number of pyridine rings is 1. The van der Waals surface area contributed by atoms with Crippen molar-refractivity contribution in [1.29, 1.82) is 0 Å². The average molecular weight is 453 g/mol. The third-order valence-electron chi connectivity index (χ3n) is 5.49. The van der Waals surface area contributed by atoms with Crippen LogP contribution < -0.4 is 9.47 Å². The number of rotatable bonds is 6. The van der Waals surface area contributed by atoms with Gasteiger partial charge in [0.25, 0.3) is 0 Å². The van der Waals surface area contributed by atoms with Crippen LogP contribution in [-0.2, 0) is 11.3 Å². The summed E-state index contributed by atoms with van der Waals surface area (Å²) in [6, 6.07) is 21.4. The topological polar surface area (TPSA) is 75.0 Å². The summed E-state index contributed by atoms with van der Waals surface area (Å²) in [7, 11) is 1.33. The number of esters is 1. The molecule has 0 saturated heterocycles. The number of hydrogen-bond donors (Lipinski definition) is 0. The Bertz CT molecular complexity index is 1490. The maximum absolute atomic E-state index is 12.8. The fourth-order valence-corrected chi connectivity index (χ4v) is 4.06. The predicted molar refractivity (Wildman–Crippen MR) is 129 cm³/mol. The molecule has 3 aromatic carbocycles. The van der Waals surface area contributed by atoms with Crippen LogP contribution in [0.15, 0.2) is 73.1 Å². The van der Waals surface area contributed by atoms with Gasteiger partial charge in [-0.2, -0.15) is 5.10 Å². The Balaban J connectivity index is 1.65. The van der Waals surface area contributed by atoms with E-state index in [-0.39, 0.29) is 12.3 Å². The number of carbonyl (C=O) groups excluding carboxylic acids is 1. The van der Waals surface area contributed by atoms with Crippen molar-refractivity contribution in [3.63, 3.8) is 0 Å². The molecule has 0 bridgehead atoms. The van der Waals surface area contributed by atoms with E-state index < -0.39 is 5.97 Å². The Morgan fingerprint density at radius 3 is 2.41 bits per heavy atom. The minimum atomic E-state index is -0.559. The zero-order valence-corrected chi connectivity index (χ0v) is 19.1. The number of ether oxygens (including phenoxy) is 3. The maximum atomic E-state index is 12.8. The lowest BCUT2D eigenvalue weighted by Gasteiger charge is -2.16. The van der Waals surface area contributed by atoms with E-state index in [1.54, 1.807) is 0 Å². The van der Waals surface area contributed by atoms with Crippen molar-refractivity contribution in [1.82, 2.24) is 14.6 Å². The van der Waals surface area contributed by atoms with Gasteiger partial charge < -0.3 is 14.2 Å². The molecule has 0 amide bonds. The van der Waals surface area contributed by atoms with E-state index in [0.29, 0.717) is 22.5 Å². The molecular formula is C27H23N3O4. The molecule has 5 aromatic rings. The van der Waals surface area contributed by atoms with Gasteiger partial charge in [0.05, 0.1) is 7.11 Å². The number of hydrogen-bond acceptors (Lipinski definition) is 6. The first kappa shape index (κ1) is 21.5. The van der Waals surface area contributed by atoms with Gasteiger partial charge in [0.2, 0.25) is 0 Å². The summed E-state index contributed by atoms with van der Waals surface area (Å²) >= 11 is 0. The van der Waals surface area contributed by atoms with Crippen LogP contribution in [0.2, 0.25) is 0 Å². The number of fused-ring (bicyclic) bond motifs is 3. The summed E-state index contributed by atoms with van der Waals surface area (Å²) in [6.07, 6.45) is 1.40. The van der Waals surface area contributed by atoms with Crippen molar-refractivity contribution in [2.24, 2.45) is 0 Å². The van der Waals surface area contributed by atoms with Crippen LogP contribution in [0.5, 0.6) is 17.2 Å². The second kappa shape index (κ2) is 8.86. The summed E-state index contributed by atoms with van der Waals surface area (Å²) < 4.78 is 18.8. The Kier molecular flexibility index (Phi) is 5.59. The van der Waals surface area contributed by atoms with Crippen molar-refractivity contribution in [2.45, 2.75) is 20.5 Å². The summed E-state index contributed by atoms with van der Waals surface area (Å²) in [5.41, 5.74) is 3.90. The van der Waals surface area contributed by atoms with Crippen LogP contribution in [0.4, 0.5) is 0 Å². The lowest BCUT2D eigenvalue weighted by Crippen LogP contribution is -2.13. The van der Waals surface area contributed by atoms with Crippen LogP contribution in [-0.4, -0.2) is 27.7 Å². The molecule has 5 rings (SSSR count). The second-order valence-corrected chi connectivity index (χ2v) is 8.07. The van der Waals surface area contributed by atoms with Gasteiger partial charge in [-0.3, -0.25) is 0 Å². The predicted octanol–water partition coefficient (Wildman–Crippen LogP) is 5.66. The van der Waals surface area contributed by atoms with Crippen LogP contribution in [0.1, 0.15) is 27.2 Å². The molecular weight excluding hydrogens is 430 g/mol. The van der Waals surface area contributed by atoms with E-state index in [2.05, 4.69) is 16.1 Å². The van der Waals surface area contributed by atoms with Crippen molar-refractivity contribution in [3.05, 3.63) is 95.4 Å². The normalized spacial score (nSPS) is 11.0. The molecule has 0 aliphatic carbocycles. The Morgan fingerprint density at radius 2 is 1.68 bits per heavy atom. The molecule has 0 aliphatic rings. The molecule has 0 spiro atoms. The molecule has 2 heterocycles. The highest BCUT2D eigenvalue weighted by Gasteiger charge is 2.24. The standard InChI is InChI=1S/C27H23N3O4/c1-17-11-18(2)13-21(12-17)34-20-9-10-22-23(14-20)26-28-16-29-30(26)24(27(31)32-3)25(22)33-15-19-7-5-4-6-8-19/h4-14,16H,15H2,1-3H3. The van der Waals surface area contributed by atoms with Gasteiger partial charge in [-0.15, -0.1) is 0 Å². The Hall–Kier alpha value is -4.39. The van der Waals surface area contributed by atoms with E-state index in [4.69, 9.17) is 14.2 Å². The largest absolute Gasteiger partial charge is 0.486 e. The quantitative estimate of drug-likeness (QED) is 0.309. The first-order chi connectivity index (χ1) is 16.5. The Morgan fingerprint density at radius 1 is 0.912 bits per heavy atom. The Labute approximate surface area is 196 Å². The van der Waals surface area contributed by atoms with E-state index in [9.17, 15) is 4.79 Å². The van der Waals surface area contributed by atoms with Crippen LogP contribution in [0.25, 0.3) is 16.4 Å². The first-order valence-electron chi connectivity index (χ1n) is 10.8. The van der Waals surface area contributed by atoms with Gasteiger partial charge in [0.1, 0.15) is 24.4 Å². The SMILES string of the molecule is COC(=O)c1c(OCc2ccccc2)c2ccc(Oc3cc(C)cc(C)c3)cc2c2ncnn12. The molecule has 0 N–H and O–H groups in total. The molecule has 0 unspecified atom stereocenters. The third kappa shape index (κ3) is 4.03. The van der Waals surface area contributed by atoms with Gasteiger partial charge in [0.15, 0.2) is 17.1 Å². The summed E-state index contributed by atoms with van der Waals surface area (Å²) in [5, 5.41) is 5.73. The highest BCUT2D eigenvalue weighted by molar-refractivity contribution is 6.05.